The van der Waals surface area contributed by atoms with Crippen LogP contribution in [0.1, 0.15) is 41.3 Å². The molecule has 5 heteroatoms. The molecule has 21 heavy (non-hydrogen) atoms. The minimum atomic E-state index is -0.0121. The average molecular weight is 289 g/mol. The van der Waals surface area contributed by atoms with Crippen molar-refractivity contribution < 1.29 is 9.59 Å². The number of anilines is 1. The number of hydrogen-bond acceptors (Lipinski definition) is 3. The van der Waals surface area contributed by atoms with Crippen molar-refractivity contribution in [2.24, 2.45) is 0 Å². The minimum absolute atomic E-state index is 0.0121. The fraction of sp³-hybridized carbons (Fsp3) is 0.500. The predicted molar refractivity (Wildman–Crippen MR) is 83.1 cm³/mol. The smallest absolute Gasteiger partial charge is 0.254 e. The maximum Gasteiger partial charge on any atom is 0.254 e. The van der Waals surface area contributed by atoms with Crippen LogP contribution in [0.5, 0.6) is 0 Å². The summed E-state index contributed by atoms with van der Waals surface area (Å²) in [6, 6.07) is 3.90. The largest absolute Gasteiger partial charge is 0.398 e. The second-order valence-corrected chi connectivity index (χ2v) is 5.79. The third-order valence-corrected chi connectivity index (χ3v) is 4.03. The number of nitrogen functional groups attached to an aromatic ring is 1. The van der Waals surface area contributed by atoms with Gasteiger partial charge in [-0.25, -0.2) is 0 Å². The molecule has 0 bridgehead atoms. The highest BCUT2D eigenvalue weighted by molar-refractivity contribution is 5.96. The molecule has 1 aliphatic rings. The third-order valence-electron chi connectivity index (χ3n) is 4.03. The second-order valence-electron chi connectivity index (χ2n) is 5.79. The van der Waals surface area contributed by atoms with Crippen LogP contribution in [0.15, 0.2) is 12.1 Å². The number of nitrogens with one attached hydrogen (secondary N) is 1. The van der Waals surface area contributed by atoms with Gasteiger partial charge in [0.25, 0.3) is 5.91 Å². The zero-order valence-electron chi connectivity index (χ0n) is 12.9. The number of benzene rings is 1. The van der Waals surface area contributed by atoms with Crippen LogP contribution in [0.4, 0.5) is 5.69 Å². The molecule has 114 valence electrons. The van der Waals surface area contributed by atoms with E-state index in [1.165, 1.54) is 6.92 Å². The molecule has 2 rings (SSSR count). The summed E-state index contributed by atoms with van der Waals surface area (Å²) in [6.45, 7) is 6.73. The molecule has 1 fully saturated rings. The van der Waals surface area contributed by atoms with Gasteiger partial charge in [-0.1, -0.05) is 6.07 Å². The van der Waals surface area contributed by atoms with Gasteiger partial charge >= 0.3 is 0 Å². The average Bonchev–Trinajstić information content (AvgIpc) is 2.42. The Morgan fingerprint density at radius 1 is 1.19 bits per heavy atom. The fourth-order valence-corrected chi connectivity index (χ4v) is 2.78. The van der Waals surface area contributed by atoms with E-state index in [9.17, 15) is 9.59 Å². The number of carbonyl (C=O) groups is 2. The van der Waals surface area contributed by atoms with E-state index in [1.807, 2.05) is 24.8 Å². The standard InChI is InChI=1S/C16H23N3O2/c1-10-8-11(2)15(17)9-14(10)16(21)19-6-4-13(5-7-19)18-12(3)20/h8-9,13H,4-7,17H2,1-3H3,(H,18,20). The third kappa shape index (κ3) is 3.54. The summed E-state index contributed by atoms with van der Waals surface area (Å²) in [4.78, 5) is 25.5. The van der Waals surface area contributed by atoms with E-state index in [1.54, 1.807) is 6.07 Å². The first-order valence-corrected chi connectivity index (χ1v) is 7.31. The molecule has 1 aromatic rings. The first kappa shape index (κ1) is 15.4. The van der Waals surface area contributed by atoms with Crippen molar-refractivity contribution in [2.75, 3.05) is 18.8 Å². The highest BCUT2D eigenvalue weighted by atomic mass is 16.2. The number of hydrogen-bond donors (Lipinski definition) is 2. The van der Waals surface area contributed by atoms with E-state index in [0.717, 1.165) is 24.0 Å². The SMILES string of the molecule is CC(=O)NC1CCN(C(=O)c2cc(N)c(C)cc2C)CC1. The van der Waals surface area contributed by atoms with Gasteiger partial charge in [0.1, 0.15) is 0 Å². The lowest BCUT2D eigenvalue weighted by Gasteiger charge is -2.32. The molecule has 0 radical (unpaired) electrons. The number of carbonyl (C=O) groups excluding carboxylic acids is 2. The molecule has 0 saturated carbocycles. The number of piperidine rings is 1. The van der Waals surface area contributed by atoms with Gasteiger partial charge in [0.05, 0.1) is 0 Å². The Hall–Kier alpha value is -2.04. The van der Waals surface area contributed by atoms with Crippen molar-refractivity contribution in [1.29, 1.82) is 0 Å². The summed E-state index contributed by atoms with van der Waals surface area (Å²) >= 11 is 0. The monoisotopic (exact) mass is 289 g/mol. The van der Waals surface area contributed by atoms with Crippen molar-refractivity contribution in [1.82, 2.24) is 10.2 Å². The predicted octanol–water partition coefficient (Wildman–Crippen LogP) is 1.63. The Bertz CT molecular complexity index is 561. The zero-order chi connectivity index (χ0) is 15.6. The molecule has 1 heterocycles. The number of aryl methyl sites for hydroxylation is 2. The number of rotatable bonds is 2. The second kappa shape index (κ2) is 6.16. The molecule has 0 aliphatic carbocycles. The van der Waals surface area contributed by atoms with E-state index in [0.29, 0.717) is 24.3 Å². The van der Waals surface area contributed by atoms with Crippen LogP contribution >= 0.6 is 0 Å². The van der Waals surface area contributed by atoms with Crippen molar-refractivity contribution in [3.8, 4) is 0 Å². The van der Waals surface area contributed by atoms with Crippen LogP contribution in [0.2, 0.25) is 0 Å². The minimum Gasteiger partial charge on any atom is -0.398 e. The van der Waals surface area contributed by atoms with Gasteiger partial charge in [0.2, 0.25) is 5.91 Å². The van der Waals surface area contributed by atoms with Crippen LogP contribution < -0.4 is 11.1 Å². The Balaban J connectivity index is 2.05. The molecule has 0 aromatic heterocycles. The lowest BCUT2D eigenvalue weighted by atomic mass is 10.00. The molecule has 5 nitrogen and oxygen atoms in total. The maximum absolute atomic E-state index is 12.6. The summed E-state index contributed by atoms with van der Waals surface area (Å²) in [5, 5.41) is 2.91. The van der Waals surface area contributed by atoms with Gasteiger partial charge in [0.15, 0.2) is 0 Å². The van der Waals surface area contributed by atoms with E-state index >= 15 is 0 Å². The van der Waals surface area contributed by atoms with Crippen LogP contribution in [-0.4, -0.2) is 35.8 Å². The van der Waals surface area contributed by atoms with E-state index in [4.69, 9.17) is 5.73 Å². The molecule has 3 N–H and O–H groups in total. The number of nitrogens with zero attached hydrogens (tertiary/aromatic N) is 1. The summed E-state index contributed by atoms with van der Waals surface area (Å²) in [7, 11) is 0. The molecular weight excluding hydrogens is 266 g/mol. The van der Waals surface area contributed by atoms with Gasteiger partial charge in [-0.15, -0.1) is 0 Å². The highest BCUT2D eigenvalue weighted by Crippen LogP contribution is 2.21. The summed E-state index contributed by atoms with van der Waals surface area (Å²) in [5.74, 6) is 0.0161. The Morgan fingerprint density at radius 3 is 2.38 bits per heavy atom. The Kier molecular flexibility index (Phi) is 4.50. The van der Waals surface area contributed by atoms with Crippen molar-refractivity contribution in [3.05, 3.63) is 28.8 Å². The van der Waals surface area contributed by atoms with Gasteiger partial charge in [0, 0.05) is 37.3 Å². The van der Waals surface area contributed by atoms with E-state index in [2.05, 4.69) is 5.32 Å². The number of amides is 2. The highest BCUT2D eigenvalue weighted by Gasteiger charge is 2.25. The van der Waals surface area contributed by atoms with Crippen molar-refractivity contribution in [2.45, 2.75) is 39.7 Å². The molecule has 1 aliphatic heterocycles. The topological polar surface area (TPSA) is 75.4 Å². The molecule has 0 unspecified atom stereocenters. The first-order chi connectivity index (χ1) is 9.88. The van der Waals surface area contributed by atoms with Gasteiger partial charge < -0.3 is 16.0 Å². The van der Waals surface area contributed by atoms with Crippen LogP contribution in [0, 0.1) is 13.8 Å². The van der Waals surface area contributed by atoms with Crippen LogP contribution in [0.3, 0.4) is 0 Å². The molecular formula is C16H23N3O2. The molecule has 0 atom stereocenters. The zero-order valence-corrected chi connectivity index (χ0v) is 12.9. The Labute approximate surface area is 125 Å². The van der Waals surface area contributed by atoms with Gasteiger partial charge in [-0.2, -0.15) is 0 Å². The lowest BCUT2D eigenvalue weighted by molar-refractivity contribution is -0.119. The maximum atomic E-state index is 12.6. The molecule has 2 amide bonds. The van der Waals surface area contributed by atoms with Crippen molar-refractivity contribution in [3.63, 3.8) is 0 Å². The summed E-state index contributed by atoms with van der Waals surface area (Å²) in [6.07, 6.45) is 1.59. The van der Waals surface area contributed by atoms with E-state index in [-0.39, 0.29) is 17.9 Å². The summed E-state index contributed by atoms with van der Waals surface area (Å²) < 4.78 is 0. The van der Waals surface area contributed by atoms with Crippen molar-refractivity contribution >= 4 is 17.5 Å². The number of nitrogens with two attached hydrogens (primary N) is 1. The normalized spacial score (nSPS) is 15.9. The molecule has 0 spiro atoms. The lowest BCUT2D eigenvalue weighted by Crippen LogP contribution is -2.46. The fourth-order valence-electron chi connectivity index (χ4n) is 2.78. The van der Waals surface area contributed by atoms with Crippen LogP contribution in [0.25, 0.3) is 0 Å². The van der Waals surface area contributed by atoms with Gasteiger partial charge in [-0.3, -0.25) is 9.59 Å². The van der Waals surface area contributed by atoms with Crippen LogP contribution in [-0.2, 0) is 4.79 Å². The number of likely N-dealkylation sites (tertiary alicyclic amines) is 1. The quantitative estimate of drug-likeness (QED) is 0.812. The molecule has 1 saturated heterocycles. The van der Waals surface area contributed by atoms with Gasteiger partial charge in [-0.05, 0) is 43.9 Å². The first-order valence-electron chi connectivity index (χ1n) is 7.31. The van der Waals surface area contributed by atoms with E-state index < -0.39 is 0 Å². The summed E-state index contributed by atoms with van der Waals surface area (Å²) in [5.41, 5.74) is 9.19. The molecule has 1 aromatic carbocycles. The Morgan fingerprint density at radius 2 is 1.81 bits per heavy atom.